The predicted octanol–water partition coefficient (Wildman–Crippen LogP) is 4.89. The number of hydrogen-bond acceptors (Lipinski definition) is 5. The number of rotatable bonds is 7. The van der Waals surface area contributed by atoms with Gasteiger partial charge >= 0.3 is 5.97 Å². The fraction of sp³-hybridized carbons (Fsp3) is 0.192. The lowest BCUT2D eigenvalue weighted by Gasteiger charge is -2.12. The molecule has 2 N–H and O–H groups in total. The number of imidazole rings is 1. The summed E-state index contributed by atoms with van der Waals surface area (Å²) >= 11 is 0. The van der Waals surface area contributed by atoms with E-state index in [4.69, 9.17) is 4.98 Å². The second-order valence-electron chi connectivity index (χ2n) is 8.32. The lowest BCUT2D eigenvalue weighted by Crippen LogP contribution is -2.06. The zero-order chi connectivity index (χ0) is 23.7. The average molecular weight is 453 g/mol. The highest BCUT2D eigenvalue weighted by atomic mass is 16.4. The molecule has 5 aromatic rings. The molecule has 8 heteroatoms. The highest BCUT2D eigenvalue weighted by molar-refractivity contribution is 5.94. The molecule has 0 spiro atoms. The largest absolute Gasteiger partial charge is 0.478 e. The van der Waals surface area contributed by atoms with E-state index in [1.54, 1.807) is 12.1 Å². The Balaban J connectivity index is 1.51. The second kappa shape index (κ2) is 8.90. The van der Waals surface area contributed by atoms with Crippen LogP contribution in [0, 0.1) is 6.92 Å². The summed E-state index contributed by atoms with van der Waals surface area (Å²) in [6.07, 6.45) is 1.79. The molecule has 5 rings (SSSR count). The highest BCUT2D eigenvalue weighted by Crippen LogP contribution is 2.30. The van der Waals surface area contributed by atoms with Crippen molar-refractivity contribution >= 4 is 17.0 Å². The van der Waals surface area contributed by atoms with Crippen molar-refractivity contribution in [1.29, 1.82) is 0 Å². The van der Waals surface area contributed by atoms with Crippen molar-refractivity contribution in [2.45, 2.75) is 33.2 Å². The Morgan fingerprint density at radius 3 is 2.50 bits per heavy atom. The number of aromatic nitrogens is 6. The fourth-order valence-corrected chi connectivity index (χ4v) is 4.42. The molecule has 34 heavy (non-hydrogen) atoms. The van der Waals surface area contributed by atoms with Crippen LogP contribution in [0.25, 0.3) is 33.5 Å². The number of hydrogen-bond donors (Lipinski definition) is 2. The van der Waals surface area contributed by atoms with E-state index in [1.165, 1.54) is 0 Å². The van der Waals surface area contributed by atoms with Crippen molar-refractivity contribution in [3.8, 4) is 22.5 Å². The molecule has 0 amide bonds. The monoisotopic (exact) mass is 452 g/mol. The van der Waals surface area contributed by atoms with Gasteiger partial charge in [0, 0.05) is 18.5 Å². The number of nitrogens with zero attached hydrogens (tertiary/aromatic N) is 5. The number of aryl methyl sites for hydroxylation is 2. The Bertz CT molecular complexity index is 1470. The molecular formula is C26H24N6O2. The van der Waals surface area contributed by atoms with Gasteiger partial charge in [-0.2, -0.15) is 0 Å². The number of nitrogens with one attached hydrogen (secondary N) is 1. The van der Waals surface area contributed by atoms with E-state index in [2.05, 4.69) is 62.4 Å². The summed E-state index contributed by atoms with van der Waals surface area (Å²) in [6.45, 7) is 4.73. The van der Waals surface area contributed by atoms with E-state index in [-0.39, 0.29) is 5.56 Å². The molecule has 0 atom stereocenters. The van der Waals surface area contributed by atoms with Gasteiger partial charge in [0.2, 0.25) is 0 Å². The molecule has 0 aliphatic rings. The summed E-state index contributed by atoms with van der Waals surface area (Å²) in [7, 11) is 0. The first-order valence-electron chi connectivity index (χ1n) is 11.2. The summed E-state index contributed by atoms with van der Waals surface area (Å²) in [6, 6.07) is 19.8. The van der Waals surface area contributed by atoms with Crippen molar-refractivity contribution < 1.29 is 9.90 Å². The zero-order valence-electron chi connectivity index (χ0n) is 19.0. The summed E-state index contributed by atoms with van der Waals surface area (Å²) < 4.78 is 2.21. The third-order valence-electron chi connectivity index (χ3n) is 5.97. The fourth-order valence-electron chi connectivity index (χ4n) is 4.42. The van der Waals surface area contributed by atoms with Gasteiger partial charge in [-0.25, -0.2) is 14.9 Å². The molecule has 2 aromatic heterocycles. The molecule has 0 aliphatic heterocycles. The SMILES string of the molecule is CCCc1nc2cc(C(=O)O)cc(C)c2n1Cc1ccc(-c2ccccc2-c2nnn[nH]2)cc1. The lowest BCUT2D eigenvalue weighted by molar-refractivity contribution is 0.0697. The van der Waals surface area contributed by atoms with Gasteiger partial charge in [-0.15, -0.1) is 5.10 Å². The van der Waals surface area contributed by atoms with Crippen LogP contribution >= 0.6 is 0 Å². The van der Waals surface area contributed by atoms with Crippen LogP contribution in [0.5, 0.6) is 0 Å². The van der Waals surface area contributed by atoms with Crippen molar-refractivity contribution in [3.63, 3.8) is 0 Å². The van der Waals surface area contributed by atoms with Crippen molar-refractivity contribution in [2.24, 2.45) is 0 Å². The van der Waals surface area contributed by atoms with Gasteiger partial charge in [-0.05, 0) is 58.2 Å². The predicted molar refractivity (Wildman–Crippen MR) is 130 cm³/mol. The minimum atomic E-state index is -0.937. The minimum absolute atomic E-state index is 0.266. The number of aromatic carboxylic acids is 1. The van der Waals surface area contributed by atoms with Crippen LogP contribution < -0.4 is 0 Å². The Morgan fingerprint density at radius 1 is 1.06 bits per heavy atom. The number of benzene rings is 3. The Kier molecular flexibility index (Phi) is 5.63. The number of H-pyrrole nitrogens is 1. The topological polar surface area (TPSA) is 110 Å². The molecule has 3 aromatic carbocycles. The van der Waals surface area contributed by atoms with Crippen LogP contribution in [0.4, 0.5) is 0 Å². The number of tetrazole rings is 1. The Labute approximate surface area is 196 Å². The molecule has 8 nitrogen and oxygen atoms in total. The Morgan fingerprint density at radius 2 is 1.82 bits per heavy atom. The average Bonchev–Trinajstić information content (AvgIpc) is 3.49. The number of carbonyl (C=O) groups is 1. The van der Waals surface area contributed by atoms with E-state index in [1.807, 2.05) is 25.1 Å². The molecule has 0 aliphatic carbocycles. The van der Waals surface area contributed by atoms with Crippen LogP contribution in [0.1, 0.15) is 40.7 Å². The van der Waals surface area contributed by atoms with Gasteiger partial charge in [-0.1, -0.05) is 55.5 Å². The molecule has 0 saturated carbocycles. The van der Waals surface area contributed by atoms with E-state index >= 15 is 0 Å². The van der Waals surface area contributed by atoms with Gasteiger partial charge in [0.15, 0.2) is 5.82 Å². The Hall–Kier alpha value is -4.33. The first-order chi connectivity index (χ1) is 16.5. The third-order valence-corrected chi connectivity index (χ3v) is 5.97. The van der Waals surface area contributed by atoms with E-state index in [0.717, 1.165) is 57.5 Å². The first kappa shape index (κ1) is 21.5. The molecule has 2 heterocycles. The number of fused-ring (bicyclic) bond motifs is 1. The maximum Gasteiger partial charge on any atom is 0.335 e. The molecule has 0 saturated heterocycles. The first-order valence-corrected chi connectivity index (χ1v) is 11.2. The summed E-state index contributed by atoms with van der Waals surface area (Å²) in [5.74, 6) is 0.661. The maximum atomic E-state index is 11.5. The smallest absolute Gasteiger partial charge is 0.335 e. The highest BCUT2D eigenvalue weighted by Gasteiger charge is 2.16. The molecule has 170 valence electrons. The summed E-state index contributed by atoms with van der Waals surface area (Å²) in [4.78, 5) is 16.3. The number of carboxylic acids is 1. The summed E-state index contributed by atoms with van der Waals surface area (Å²) in [5, 5.41) is 23.7. The molecular weight excluding hydrogens is 428 g/mol. The number of carboxylic acid groups (broad SMARTS) is 1. The molecule has 0 fully saturated rings. The van der Waals surface area contributed by atoms with Crippen molar-refractivity contribution in [3.05, 3.63) is 83.2 Å². The zero-order valence-corrected chi connectivity index (χ0v) is 19.0. The lowest BCUT2D eigenvalue weighted by atomic mass is 9.98. The van der Waals surface area contributed by atoms with Crippen LogP contribution in [0.2, 0.25) is 0 Å². The second-order valence-corrected chi connectivity index (χ2v) is 8.32. The van der Waals surface area contributed by atoms with Crippen LogP contribution in [-0.2, 0) is 13.0 Å². The van der Waals surface area contributed by atoms with Crippen molar-refractivity contribution in [2.75, 3.05) is 0 Å². The van der Waals surface area contributed by atoms with Crippen molar-refractivity contribution in [1.82, 2.24) is 30.2 Å². The normalized spacial score (nSPS) is 11.2. The van der Waals surface area contributed by atoms with Gasteiger partial charge in [0.1, 0.15) is 5.82 Å². The van der Waals surface area contributed by atoms with Crippen LogP contribution in [-0.4, -0.2) is 41.3 Å². The van der Waals surface area contributed by atoms with Crippen LogP contribution in [0.3, 0.4) is 0 Å². The third kappa shape index (κ3) is 3.94. The molecule has 0 bridgehead atoms. The standard InChI is InChI=1S/C26H24N6O2/c1-3-6-23-27-22-14-19(26(33)34)13-16(2)24(22)32(23)15-17-9-11-18(12-10-17)20-7-4-5-8-21(20)25-28-30-31-29-25/h4-5,7-14H,3,6,15H2,1-2H3,(H,33,34)(H,28,29,30,31). The quantitative estimate of drug-likeness (QED) is 0.364. The maximum absolute atomic E-state index is 11.5. The minimum Gasteiger partial charge on any atom is -0.478 e. The van der Waals surface area contributed by atoms with E-state index in [9.17, 15) is 9.90 Å². The summed E-state index contributed by atoms with van der Waals surface area (Å²) in [5.41, 5.74) is 7.09. The number of aromatic amines is 1. The van der Waals surface area contributed by atoms with E-state index < -0.39 is 5.97 Å². The van der Waals surface area contributed by atoms with Gasteiger partial charge in [0.05, 0.1) is 16.6 Å². The van der Waals surface area contributed by atoms with Gasteiger partial charge in [-0.3, -0.25) is 0 Å². The molecule has 0 radical (unpaired) electrons. The van der Waals surface area contributed by atoms with Gasteiger partial charge in [0.25, 0.3) is 0 Å². The van der Waals surface area contributed by atoms with Gasteiger partial charge < -0.3 is 9.67 Å². The molecule has 0 unspecified atom stereocenters. The van der Waals surface area contributed by atoms with Crippen LogP contribution in [0.15, 0.2) is 60.7 Å². The van der Waals surface area contributed by atoms with E-state index in [0.29, 0.717) is 12.4 Å².